The number of hydrazine groups is 1. The Morgan fingerprint density at radius 1 is 1.18 bits per heavy atom. The smallest absolute Gasteiger partial charge is 0.0749 e. The number of anilines is 1. The lowest BCUT2D eigenvalue weighted by atomic mass is 10.0. The maximum absolute atomic E-state index is 5.99. The summed E-state index contributed by atoms with van der Waals surface area (Å²) in [6.45, 7) is 0. The number of nitrogen functional groups attached to an aromatic ring is 1. The van der Waals surface area contributed by atoms with Crippen LogP contribution < -0.4 is 17.0 Å². The van der Waals surface area contributed by atoms with Crippen LogP contribution in [0.15, 0.2) is 37.9 Å². The fourth-order valence-electron chi connectivity index (χ4n) is 1.64. The van der Waals surface area contributed by atoms with E-state index in [9.17, 15) is 0 Å². The summed E-state index contributed by atoms with van der Waals surface area (Å²) in [4.78, 5) is 0. The Hall–Kier alpha value is -0.400. The number of hydrogen-bond acceptors (Lipinski definition) is 4. The van der Waals surface area contributed by atoms with Crippen LogP contribution in [0.4, 0.5) is 5.69 Å². The molecule has 1 unspecified atom stereocenters. The van der Waals surface area contributed by atoms with Crippen molar-refractivity contribution >= 4 is 48.9 Å². The molecule has 0 amide bonds. The Labute approximate surface area is 120 Å². The molecule has 0 aliphatic heterocycles. The van der Waals surface area contributed by atoms with Crippen molar-refractivity contribution in [3.8, 4) is 0 Å². The summed E-state index contributed by atoms with van der Waals surface area (Å²) < 4.78 is 2.01. The first-order valence-corrected chi connectivity index (χ1v) is 7.39. The normalized spacial score (nSPS) is 12.6. The standard InChI is InChI=1S/C11H11Br2N3S/c12-6-1-2-10(14)7(3-6)11(16-15)8-4-17-5-9(8)13/h1-5,11,16H,14-15H2. The van der Waals surface area contributed by atoms with E-state index in [-0.39, 0.29) is 6.04 Å². The second kappa shape index (κ2) is 5.49. The predicted octanol–water partition coefficient (Wildman–Crippen LogP) is 3.41. The summed E-state index contributed by atoms with van der Waals surface area (Å²) in [5, 5.41) is 4.07. The largest absolute Gasteiger partial charge is 0.398 e. The molecule has 1 aromatic heterocycles. The molecule has 3 nitrogen and oxygen atoms in total. The van der Waals surface area contributed by atoms with Crippen molar-refractivity contribution in [3.63, 3.8) is 0 Å². The van der Waals surface area contributed by atoms with Crippen LogP contribution in [0.2, 0.25) is 0 Å². The van der Waals surface area contributed by atoms with Crippen LogP contribution >= 0.6 is 43.2 Å². The van der Waals surface area contributed by atoms with Crippen molar-refractivity contribution in [2.45, 2.75) is 6.04 Å². The van der Waals surface area contributed by atoms with Gasteiger partial charge in [-0.1, -0.05) is 15.9 Å². The van der Waals surface area contributed by atoms with E-state index in [1.165, 1.54) is 0 Å². The highest BCUT2D eigenvalue weighted by Crippen LogP contribution is 2.34. The molecule has 0 spiro atoms. The van der Waals surface area contributed by atoms with E-state index in [1.807, 2.05) is 23.6 Å². The summed E-state index contributed by atoms with van der Waals surface area (Å²) in [6, 6.07) is 5.64. The molecule has 0 bridgehead atoms. The molecule has 0 fully saturated rings. The van der Waals surface area contributed by atoms with Gasteiger partial charge in [0.25, 0.3) is 0 Å². The third kappa shape index (κ3) is 2.71. The van der Waals surface area contributed by atoms with Crippen LogP contribution in [0.5, 0.6) is 0 Å². The molecule has 0 aliphatic rings. The van der Waals surface area contributed by atoms with E-state index < -0.39 is 0 Å². The zero-order chi connectivity index (χ0) is 12.4. The highest BCUT2D eigenvalue weighted by molar-refractivity contribution is 9.10. The first kappa shape index (κ1) is 13.0. The summed E-state index contributed by atoms with van der Waals surface area (Å²) in [6.07, 6.45) is 0. The van der Waals surface area contributed by atoms with Crippen LogP contribution in [0.1, 0.15) is 17.2 Å². The molecule has 0 radical (unpaired) electrons. The molecule has 0 saturated carbocycles. The van der Waals surface area contributed by atoms with Gasteiger partial charge in [0.2, 0.25) is 0 Å². The van der Waals surface area contributed by atoms with Crippen LogP contribution in [0.3, 0.4) is 0 Å². The van der Waals surface area contributed by atoms with Gasteiger partial charge in [-0.2, -0.15) is 11.3 Å². The highest BCUT2D eigenvalue weighted by atomic mass is 79.9. The zero-order valence-corrected chi connectivity index (χ0v) is 12.8. The zero-order valence-electron chi connectivity index (χ0n) is 8.78. The minimum atomic E-state index is -0.117. The maximum atomic E-state index is 5.99. The molecule has 1 aromatic carbocycles. The number of nitrogens with one attached hydrogen (secondary N) is 1. The molecule has 17 heavy (non-hydrogen) atoms. The fraction of sp³-hybridized carbons (Fsp3) is 0.0909. The number of hydrogen-bond donors (Lipinski definition) is 3. The average molecular weight is 377 g/mol. The summed E-state index contributed by atoms with van der Waals surface area (Å²) >= 11 is 8.57. The molecule has 1 heterocycles. The fourth-order valence-corrected chi connectivity index (χ4v) is 3.57. The van der Waals surface area contributed by atoms with Crippen molar-refractivity contribution < 1.29 is 0 Å². The number of thiophene rings is 1. The Bertz CT molecular complexity index is 527. The molecule has 2 aromatic rings. The van der Waals surface area contributed by atoms with E-state index >= 15 is 0 Å². The molecule has 2 rings (SSSR count). The van der Waals surface area contributed by atoms with Crippen LogP contribution in [0, 0.1) is 0 Å². The van der Waals surface area contributed by atoms with Gasteiger partial charge in [0.05, 0.1) is 6.04 Å². The SMILES string of the molecule is NNC(c1cc(Br)ccc1N)c1cscc1Br. The summed E-state index contributed by atoms with van der Waals surface area (Å²) in [5.41, 5.74) is 11.6. The quantitative estimate of drug-likeness (QED) is 0.437. The molecule has 1 atom stereocenters. The van der Waals surface area contributed by atoms with Gasteiger partial charge in [-0.05, 0) is 50.6 Å². The minimum Gasteiger partial charge on any atom is -0.398 e. The van der Waals surface area contributed by atoms with Gasteiger partial charge in [0, 0.05) is 20.0 Å². The van der Waals surface area contributed by atoms with Gasteiger partial charge in [-0.25, -0.2) is 5.43 Å². The van der Waals surface area contributed by atoms with Crippen molar-refractivity contribution in [2.24, 2.45) is 5.84 Å². The van der Waals surface area contributed by atoms with Gasteiger partial charge >= 0.3 is 0 Å². The Kier molecular flexibility index (Phi) is 4.22. The molecule has 0 aliphatic carbocycles. The average Bonchev–Trinajstić information content (AvgIpc) is 2.71. The lowest BCUT2D eigenvalue weighted by Crippen LogP contribution is -2.29. The van der Waals surface area contributed by atoms with Crippen LogP contribution in [-0.4, -0.2) is 0 Å². The molecular weight excluding hydrogens is 366 g/mol. The van der Waals surface area contributed by atoms with Crippen molar-refractivity contribution in [1.29, 1.82) is 0 Å². The summed E-state index contributed by atoms with van der Waals surface area (Å²) in [5.74, 6) is 5.65. The van der Waals surface area contributed by atoms with Gasteiger partial charge in [0.15, 0.2) is 0 Å². The monoisotopic (exact) mass is 375 g/mol. The van der Waals surface area contributed by atoms with E-state index in [0.717, 1.165) is 20.1 Å². The molecule has 90 valence electrons. The third-order valence-corrected chi connectivity index (χ3v) is 4.72. The van der Waals surface area contributed by atoms with Gasteiger partial charge in [-0.15, -0.1) is 0 Å². The van der Waals surface area contributed by atoms with Gasteiger partial charge < -0.3 is 5.73 Å². The number of halogens is 2. The van der Waals surface area contributed by atoms with Crippen molar-refractivity contribution in [1.82, 2.24) is 5.43 Å². The first-order chi connectivity index (χ1) is 8.13. The third-order valence-electron chi connectivity index (χ3n) is 2.48. The Balaban J connectivity index is 2.49. The molecule has 5 N–H and O–H groups in total. The second-order valence-corrected chi connectivity index (χ2v) is 6.06. The Morgan fingerprint density at radius 2 is 1.94 bits per heavy atom. The van der Waals surface area contributed by atoms with Crippen LogP contribution in [0.25, 0.3) is 0 Å². The maximum Gasteiger partial charge on any atom is 0.0749 e. The number of rotatable bonds is 3. The van der Waals surface area contributed by atoms with E-state index in [4.69, 9.17) is 11.6 Å². The molecular formula is C11H11Br2N3S. The van der Waals surface area contributed by atoms with Crippen LogP contribution in [-0.2, 0) is 0 Å². The van der Waals surface area contributed by atoms with Crippen molar-refractivity contribution in [2.75, 3.05) is 5.73 Å². The van der Waals surface area contributed by atoms with Gasteiger partial charge in [0.1, 0.15) is 0 Å². The minimum absolute atomic E-state index is 0.117. The van der Waals surface area contributed by atoms with Gasteiger partial charge in [-0.3, -0.25) is 5.84 Å². The predicted molar refractivity (Wildman–Crippen MR) is 79.7 cm³/mol. The van der Waals surface area contributed by atoms with Crippen molar-refractivity contribution in [3.05, 3.63) is 49.0 Å². The van der Waals surface area contributed by atoms with E-state index in [0.29, 0.717) is 5.69 Å². The molecule has 6 heteroatoms. The van der Waals surface area contributed by atoms with E-state index in [2.05, 4.69) is 42.7 Å². The van der Waals surface area contributed by atoms with E-state index in [1.54, 1.807) is 11.3 Å². The first-order valence-electron chi connectivity index (χ1n) is 4.86. The number of nitrogens with two attached hydrogens (primary N) is 2. The lowest BCUT2D eigenvalue weighted by Gasteiger charge is -2.18. The second-order valence-electron chi connectivity index (χ2n) is 3.55. The Morgan fingerprint density at radius 3 is 2.53 bits per heavy atom. The number of benzene rings is 1. The topological polar surface area (TPSA) is 64.1 Å². The molecule has 0 saturated heterocycles. The highest BCUT2D eigenvalue weighted by Gasteiger charge is 2.18. The summed E-state index contributed by atoms with van der Waals surface area (Å²) in [7, 11) is 0. The lowest BCUT2D eigenvalue weighted by molar-refractivity contribution is 0.638.